The van der Waals surface area contributed by atoms with E-state index in [-0.39, 0.29) is 10.6 Å². The molecule has 6 nitrogen and oxygen atoms in total. The Morgan fingerprint density at radius 3 is 2.44 bits per heavy atom. The Bertz CT molecular complexity index is 1100. The summed E-state index contributed by atoms with van der Waals surface area (Å²) in [5.41, 5.74) is 2.77. The van der Waals surface area contributed by atoms with Crippen LogP contribution in [0.15, 0.2) is 40.0 Å². The number of aryl methyl sites for hydroxylation is 1. The molecule has 1 aromatic heterocycles. The number of halogens is 1. The SMILES string of the molecule is CCc1ccc(Cl)c(CC)c1NS(=O)(=O)c1ccc2[nH]c(=O)[nH]c2c1. The van der Waals surface area contributed by atoms with Gasteiger partial charge in [0.05, 0.1) is 21.6 Å². The van der Waals surface area contributed by atoms with Crippen molar-refractivity contribution in [1.29, 1.82) is 0 Å². The molecular formula is C17H18ClN3O3S. The molecule has 0 atom stereocenters. The van der Waals surface area contributed by atoms with Crippen molar-refractivity contribution in [2.24, 2.45) is 0 Å². The van der Waals surface area contributed by atoms with E-state index in [1.165, 1.54) is 12.1 Å². The number of aromatic nitrogens is 2. The van der Waals surface area contributed by atoms with Crippen LogP contribution in [0.3, 0.4) is 0 Å². The molecule has 0 amide bonds. The summed E-state index contributed by atoms with van der Waals surface area (Å²) in [6, 6.07) is 8.05. The molecule has 0 aliphatic heterocycles. The smallest absolute Gasteiger partial charge is 0.306 e. The van der Waals surface area contributed by atoms with Crippen LogP contribution >= 0.6 is 11.6 Å². The lowest BCUT2D eigenvalue weighted by Gasteiger charge is -2.17. The highest BCUT2D eigenvalue weighted by molar-refractivity contribution is 7.92. The second-order valence-electron chi connectivity index (χ2n) is 5.66. The molecule has 0 fully saturated rings. The van der Waals surface area contributed by atoms with E-state index in [9.17, 15) is 13.2 Å². The molecule has 132 valence electrons. The van der Waals surface area contributed by atoms with Gasteiger partial charge in [-0.1, -0.05) is 31.5 Å². The number of imidazole rings is 1. The molecule has 3 rings (SSSR count). The van der Waals surface area contributed by atoms with E-state index in [2.05, 4.69) is 14.7 Å². The van der Waals surface area contributed by atoms with Crippen molar-refractivity contribution in [1.82, 2.24) is 9.97 Å². The van der Waals surface area contributed by atoms with Crippen LogP contribution in [0.5, 0.6) is 0 Å². The molecule has 0 saturated carbocycles. The van der Waals surface area contributed by atoms with Crippen LogP contribution in [0.4, 0.5) is 5.69 Å². The predicted molar refractivity (Wildman–Crippen MR) is 99.9 cm³/mol. The van der Waals surface area contributed by atoms with E-state index in [4.69, 9.17) is 11.6 Å². The van der Waals surface area contributed by atoms with E-state index in [1.807, 2.05) is 19.9 Å². The molecule has 0 aliphatic rings. The molecule has 3 aromatic rings. The fourth-order valence-corrected chi connectivity index (χ4v) is 4.26. The lowest BCUT2D eigenvalue weighted by molar-refractivity contribution is 0.601. The van der Waals surface area contributed by atoms with Gasteiger partial charge in [0.25, 0.3) is 10.0 Å². The molecule has 8 heteroatoms. The van der Waals surface area contributed by atoms with E-state index in [0.29, 0.717) is 34.6 Å². The number of benzene rings is 2. The first-order chi connectivity index (χ1) is 11.9. The first-order valence-electron chi connectivity index (χ1n) is 7.90. The fourth-order valence-electron chi connectivity index (χ4n) is 2.81. The third-order valence-electron chi connectivity index (χ3n) is 4.11. The largest absolute Gasteiger partial charge is 0.323 e. The van der Waals surface area contributed by atoms with Crippen LogP contribution in [-0.2, 0) is 22.9 Å². The van der Waals surface area contributed by atoms with Crippen molar-refractivity contribution in [3.63, 3.8) is 0 Å². The Kier molecular flexibility index (Phi) is 4.62. The first-order valence-corrected chi connectivity index (χ1v) is 9.77. The lowest BCUT2D eigenvalue weighted by atomic mass is 10.0. The van der Waals surface area contributed by atoms with Gasteiger partial charge >= 0.3 is 5.69 Å². The summed E-state index contributed by atoms with van der Waals surface area (Å²) in [7, 11) is -3.82. The molecule has 25 heavy (non-hydrogen) atoms. The van der Waals surface area contributed by atoms with Crippen LogP contribution in [0.1, 0.15) is 25.0 Å². The van der Waals surface area contributed by atoms with E-state index in [0.717, 1.165) is 11.1 Å². The van der Waals surface area contributed by atoms with Crippen molar-refractivity contribution in [3.8, 4) is 0 Å². The Balaban J connectivity index is 2.09. The number of hydrogen-bond acceptors (Lipinski definition) is 3. The highest BCUT2D eigenvalue weighted by Crippen LogP contribution is 2.31. The zero-order valence-corrected chi connectivity index (χ0v) is 15.4. The van der Waals surface area contributed by atoms with Crippen LogP contribution in [0.2, 0.25) is 5.02 Å². The summed E-state index contributed by atoms with van der Waals surface area (Å²) >= 11 is 6.24. The summed E-state index contributed by atoms with van der Waals surface area (Å²) in [6.45, 7) is 3.88. The van der Waals surface area contributed by atoms with Crippen molar-refractivity contribution in [2.75, 3.05) is 4.72 Å². The maximum atomic E-state index is 12.8. The van der Waals surface area contributed by atoms with Gasteiger partial charge in [-0.3, -0.25) is 4.72 Å². The topological polar surface area (TPSA) is 94.8 Å². The number of H-pyrrole nitrogens is 2. The van der Waals surface area contributed by atoms with Crippen LogP contribution in [0.25, 0.3) is 11.0 Å². The van der Waals surface area contributed by atoms with Gasteiger partial charge in [-0.05, 0) is 48.2 Å². The predicted octanol–water partition coefficient (Wildman–Crippen LogP) is 3.44. The molecule has 0 spiro atoms. The van der Waals surface area contributed by atoms with Gasteiger partial charge in [0.2, 0.25) is 0 Å². The average Bonchev–Trinajstić information content (AvgIpc) is 2.94. The molecule has 2 aromatic carbocycles. The highest BCUT2D eigenvalue weighted by Gasteiger charge is 2.20. The maximum Gasteiger partial charge on any atom is 0.323 e. The number of aromatic amines is 2. The minimum atomic E-state index is -3.82. The van der Waals surface area contributed by atoms with Crippen molar-refractivity contribution >= 4 is 38.3 Å². The molecule has 0 unspecified atom stereocenters. The van der Waals surface area contributed by atoms with Gasteiger partial charge in [0.15, 0.2) is 0 Å². The Hall–Kier alpha value is -2.25. The number of sulfonamides is 1. The molecule has 0 bridgehead atoms. The zero-order chi connectivity index (χ0) is 18.2. The second-order valence-corrected chi connectivity index (χ2v) is 7.75. The highest BCUT2D eigenvalue weighted by atomic mass is 35.5. The third-order valence-corrected chi connectivity index (χ3v) is 5.81. The minimum Gasteiger partial charge on any atom is -0.306 e. The molecular weight excluding hydrogens is 362 g/mol. The molecule has 0 radical (unpaired) electrons. The maximum absolute atomic E-state index is 12.8. The standard InChI is InChI=1S/C17H18ClN3O3S/c1-3-10-5-7-13(18)12(4-2)16(10)21-25(23,24)11-6-8-14-15(9-11)20-17(22)19-14/h5-9,21H,3-4H2,1-2H3,(H2,19,20,22). The fraction of sp³-hybridized carbons (Fsp3) is 0.235. The number of hydrogen-bond donors (Lipinski definition) is 3. The van der Waals surface area contributed by atoms with Crippen LogP contribution in [-0.4, -0.2) is 18.4 Å². The summed E-state index contributed by atoms with van der Waals surface area (Å²) in [5, 5.41) is 0.530. The van der Waals surface area contributed by atoms with E-state index >= 15 is 0 Å². The average molecular weight is 380 g/mol. The number of anilines is 1. The first kappa shape index (κ1) is 17.6. The number of fused-ring (bicyclic) bond motifs is 1. The quantitative estimate of drug-likeness (QED) is 0.633. The van der Waals surface area contributed by atoms with Gasteiger partial charge in [0, 0.05) is 5.02 Å². The van der Waals surface area contributed by atoms with Crippen molar-refractivity contribution in [3.05, 3.63) is 57.0 Å². The Morgan fingerprint density at radius 2 is 1.76 bits per heavy atom. The normalized spacial score (nSPS) is 11.8. The van der Waals surface area contributed by atoms with Crippen molar-refractivity contribution in [2.45, 2.75) is 31.6 Å². The Labute approximate surface area is 150 Å². The number of nitrogens with one attached hydrogen (secondary N) is 3. The zero-order valence-electron chi connectivity index (χ0n) is 13.8. The van der Waals surface area contributed by atoms with Gasteiger partial charge in [-0.25, -0.2) is 13.2 Å². The van der Waals surface area contributed by atoms with Crippen molar-refractivity contribution < 1.29 is 8.42 Å². The molecule has 0 saturated heterocycles. The lowest BCUT2D eigenvalue weighted by Crippen LogP contribution is -2.16. The summed E-state index contributed by atoms with van der Waals surface area (Å²) in [6.07, 6.45) is 1.28. The summed E-state index contributed by atoms with van der Waals surface area (Å²) < 4.78 is 28.4. The minimum absolute atomic E-state index is 0.0688. The van der Waals surface area contributed by atoms with Crippen LogP contribution in [0, 0.1) is 0 Å². The third kappa shape index (κ3) is 3.29. The second kappa shape index (κ2) is 6.57. The van der Waals surface area contributed by atoms with Gasteiger partial charge in [0.1, 0.15) is 0 Å². The van der Waals surface area contributed by atoms with E-state index < -0.39 is 10.0 Å². The molecule has 0 aliphatic carbocycles. The number of rotatable bonds is 5. The van der Waals surface area contributed by atoms with Gasteiger partial charge in [-0.15, -0.1) is 0 Å². The summed E-state index contributed by atoms with van der Waals surface area (Å²) in [5.74, 6) is 0. The van der Waals surface area contributed by atoms with Gasteiger partial charge in [-0.2, -0.15) is 0 Å². The molecule has 1 heterocycles. The summed E-state index contributed by atoms with van der Waals surface area (Å²) in [4.78, 5) is 16.6. The van der Waals surface area contributed by atoms with Gasteiger partial charge < -0.3 is 9.97 Å². The monoisotopic (exact) mass is 379 g/mol. The van der Waals surface area contributed by atoms with Crippen LogP contribution < -0.4 is 10.4 Å². The van der Waals surface area contributed by atoms with E-state index in [1.54, 1.807) is 12.1 Å². The Morgan fingerprint density at radius 1 is 1.04 bits per heavy atom. The molecule has 3 N–H and O–H groups in total.